The average Bonchev–Trinajstić information content (AvgIpc) is 2.79. The first-order chi connectivity index (χ1) is 17.4. The van der Waals surface area contributed by atoms with Crippen LogP contribution in [0.3, 0.4) is 0 Å². The highest BCUT2D eigenvalue weighted by atomic mass is 35.5. The topological polar surface area (TPSA) is 86.8 Å². The summed E-state index contributed by atoms with van der Waals surface area (Å²) in [7, 11) is -4.24. The number of benzene rings is 2. The molecule has 14 heteroatoms. The van der Waals surface area contributed by atoms with Crippen LogP contribution in [0.15, 0.2) is 36.4 Å². The number of nitrogens with one attached hydrogen (secondary N) is 1. The van der Waals surface area contributed by atoms with Crippen LogP contribution in [-0.4, -0.2) is 50.5 Å². The van der Waals surface area contributed by atoms with Crippen molar-refractivity contribution in [3.05, 3.63) is 62.6 Å². The molecule has 38 heavy (non-hydrogen) atoms. The molecule has 0 aliphatic rings. The molecule has 0 spiro atoms. The van der Waals surface area contributed by atoms with E-state index in [-0.39, 0.29) is 17.5 Å². The third-order valence-corrected chi connectivity index (χ3v) is 7.49. The lowest BCUT2D eigenvalue weighted by molar-refractivity contribution is -0.139. The molecule has 0 unspecified atom stereocenters. The minimum atomic E-state index is -4.86. The zero-order valence-corrected chi connectivity index (χ0v) is 24.0. The van der Waals surface area contributed by atoms with Gasteiger partial charge in [-0.3, -0.25) is 13.9 Å². The molecule has 0 fully saturated rings. The Labute approximate surface area is 234 Å². The quantitative estimate of drug-likeness (QED) is 0.376. The zero-order chi connectivity index (χ0) is 29.0. The second-order valence-electron chi connectivity index (χ2n) is 9.00. The van der Waals surface area contributed by atoms with Gasteiger partial charge in [-0.2, -0.15) is 13.2 Å². The molecule has 0 bridgehead atoms. The van der Waals surface area contributed by atoms with E-state index in [2.05, 4.69) is 5.32 Å². The van der Waals surface area contributed by atoms with Crippen LogP contribution in [-0.2, 0) is 32.3 Å². The fourth-order valence-corrected chi connectivity index (χ4v) is 4.90. The van der Waals surface area contributed by atoms with Crippen LogP contribution in [0.2, 0.25) is 15.1 Å². The number of halogens is 6. The smallest absolute Gasteiger partial charge is 0.354 e. The fraction of sp³-hybridized carbons (Fsp3) is 0.417. The summed E-state index contributed by atoms with van der Waals surface area (Å²) in [5, 5.41) is 2.63. The van der Waals surface area contributed by atoms with Gasteiger partial charge in [0.15, 0.2) is 0 Å². The highest BCUT2D eigenvalue weighted by Gasteiger charge is 2.35. The molecule has 2 amide bonds. The summed E-state index contributed by atoms with van der Waals surface area (Å²) < 4.78 is 66.0. The molecule has 0 aliphatic heterocycles. The fourth-order valence-electron chi connectivity index (χ4n) is 3.37. The lowest BCUT2D eigenvalue weighted by Gasteiger charge is -2.32. The van der Waals surface area contributed by atoms with Crippen molar-refractivity contribution in [2.45, 2.75) is 39.5 Å². The Hall–Kier alpha value is -2.21. The molecule has 0 aliphatic carbocycles. The summed E-state index contributed by atoms with van der Waals surface area (Å²) in [5.41, 5.74) is -1.26. The number of hydrogen-bond acceptors (Lipinski definition) is 4. The maximum absolute atomic E-state index is 13.5. The first kappa shape index (κ1) is 32.0. The van der Waals surface area contributed by atoms with Gasteiger partial charge in [0.25, 0.3) is 0 Å². The predicted octanol–water partition coefficient (Wildman–Crippen LogP) is 5.62. The molecule has 1 atom stereocenters. The van der Waals surface area contributed by atoms with E-state index in [0.717, 1.165) is 23.3 Å². The van der Waals surface area contributed by atoms with Crippen molar-refractivity contribution in [3.63, 3.8) is 0 Å². The van der Waals surface area contributed by atoms with Crippen LogP contribution >= 0.6 is 34.8 Å². The number of alkyl halides is 3. The molecule has 0 radical (unpaired) electrons. The Morgan fingerprint density at radius 3 is 2.16 bits per heavy atom. The lowest BCUT2D eigenvalue weighted by atomic mass is 10.1. The summed E-state index contributed by atoms with van der Waals surface area (Å²) in [5.74, 6) is -1.24. The highest BCUT2D eigenvalue weighted by Crippen LogP contribution is 2.37. The Morgan fingerprint density at radius 1 is 1.00 bits per heavy atom. The van der Waals surface area contributed by atoms with Gasteiger partial charge in [0.05, 0.1) is 22.5 Å². The third-order valence-electron chi connectivity index (χ3n) is 5.43. The number of hydrogen-bond donors (Lipinski definition) is 1. The molecular weight excluding hydrogens is 590 g/mol. The molecule has 2 aromatic carbocycles. The number of nitrogens with zero attached hydrogens (tertiary/aromatic N) is 2. The molecule has 2 aromatic rings. The molecule has 0 saturated heterocycles. The Bertz CT molecular complexity index is 1290. The highest BCUT2D eigenvalue weighted by molar-refractivity contribution is 7.92. The van der Waals surface area contributed by atoms with Crippen LogP contribution in [0.4, 0.5) is 18.9 Å². The summed E-state index contributed by atoms with van der Waals surface area (Å²) in [6, 6.07) is 5.96. The minimum Gasteiger partial charge on any atom is -0.354 e. The second kappa shape index (κ2) is 12.8. The molecule has 7 nitrogen and oxygen atoms in total. The molecule has 1 N–H and O–H groups in total. The van der Waals surface area contributed by atoms with E-state index in [1.165, 1.54) is 19.1 Å². The van der Waals surface area contributed by atoms with Gasteiger partial charge in [-0.25, -0.2) is 8.42 Å². The van der Waals surface area contributed by atoms with Crippen LogP contribution < -0.4 is 9.62 Å². The standard InChI is InChI=1S/C24H27Cl3F3N3O4S/c1-14(2)11-31-23(35)15(3)32(12-16-5-6-17(25)9-21(16)27)22(34)13-33(38(4,36)37)18-7-8-20(26)19(10-18)24(28,29)30/h5-10,14-15H,11-13H2,1-4H3,(H,31,35)/t15-/m1/s1. The van der Waals surface area contributed by atoms with E-state index in [1.54, 1.807) is 6.07 Å². The van der Waals surface area contributed by atoms with Crippen LogP contribution in [0.1, 0.15) is 31.9 Å². The van der Waals surface area contributed by atoms with E-state index in [1.807, 2.05) is 13.8 Å². The second-order valence-corrected chi connectivity index (χ2v) is 12.2. The van der Waals surface area contributed by atoms with E-state index in [9.17, 15) is 31.2 Å². The number of carbonyl (C=O) groups excluding carboxylic acids is 2. The minimum absolute atomic E-state index is 0.120. The number of carbonyl (C=O) groups is 2. The lowest BCUT2D eigenvalue weighted by Crippen LogP contribution is -2.51. The van der Waals surface area contributed by atoms with Gasteiger partial charge in [-0.1, -0.05) is 54.7 Å². The third kappa shape index (κ3) is 8.65. The van der Waals surface area contributed by atoms with E-state index in [0.29, 0.717) is 27.5 Å². The molecular formula is C24H27Cl3F3N3O4S. The van der Waals surface area contributed by atoms with Gasteiger partial charge in [0.2, 0.25) is 21.8 Å². The first-order valence-corrected chi connectivity index (χ1v) is 14.3. The summed E-state index contributed by atoms with van der Waals surface area (Å²) in [4.78, 5) is 27.4. The van der Waals surface area contributed by atoms with Crippen LogP contribution in [0, 0.1) is 5.92 Å². The van der Waals surface area contributed by atoms with Crippen LogP contribution in [0.25, 0.3) is 0 Å². The Kier molecular flexibility index (Phi) is 10.7. The maximum atomic E-state index is 13.5. The number of sulfonamides is 1. The number of rotatable bonds is 10. The molecule has 0 heterocycles. The van der Waals surface area contributed by atoms with Crippen molar-refractivity contribution in [2.75, 3.05) is 23.7 Å². The van der Waals surface area contributed by atoms with Gasteiger partial charge >= 0.3 is 6.18 Å². The average molecular weight is 617 g/mol. The van der Waals surface area contributed by atoms with E-state index >= 15 is 0 Å². The van der Waals surface area contributed by atoms with Gasteiger partial charge in [-0.15, -0.1) is 0 Å². The van der Waals surface area contributed by atoms with E-state index < -0.39 is 56.9 Å². The maximum Gasteiger partial charge on any atom is 0.417 e. The van der Waals surface area contributed by atoms with Crippen LogP contribution in [0.5, 0.6) is 0 Å². The SMILES string of the molecule is CC(C)CNC(=O)[C@@H](C)N(Cc1ccc(Cl)cc1Cl)C(=O)CN(c1ccc(Cl)c(C(F)(F)F)c1)S(C)(=O)=O. The Morgan fingerprint density at radius 2 is 1.63 bits per heavy atom. The van der Waals surface area contributed by atoms with Gasteiger partial charge in [0.1, 0.15) is 12.6 Å². The first-order valence-electron chi connectivity index (χ1n) is 11.3. The van der Waals surface area contributed by atoms with Crippen molar-refractivity contribution in [1.82, 2.24) is 10.2 Å². The molecule has 210 valence electrons. The predicted molar refractivity (Wildman–Crippen MR) is 143 cm³/mol. The van der Waals surface area contributed by atoms with Crippen molar-refractivity contribution in [1.29, 1.82) is 0 Å². The van der Waals surface area contributed by atoms with Crippen molar-refractivity contribution >= 4 is 62.3 Å². The zero-order valence-electron chi connectivity index (χ0n) is 20.9. The summed E-state index contributed by atoms with van der Waals surface area (Å²) in [6.07, 6.45) is -4.11. The monoisotopic (exact) mass is 615 g/mol. The Balaban J connectivity index is 2.49. The number of anilines is 1. The largest absolute Gasteiger partial charge is 0.417 e. The molecule has 0 aromatic heterocycles. The number of amides is 2. The van der Waals surface area contributed by atoms with Gasteiger partial charge < -0.3 is 10.2 Å². The normalized spacial score (nSPS) is 12.8. The van der Waals surface area contributed by atoms with Crippen molar-refractivity contribution in [3.8, 4) is 0 Å². The van der Waals surface area contributed by atoms with Crippen molar-refractivity contribution < 1.29 is 31.2 Å². The summed E-state index contributed by atoms with van der Waals surface area (Å²) in [6.45, 7) is 4.46. The van der Waals surface area contributed by atoms with E-state index in [4.69, 9.17) is 34.8 Å². The van der Waals surface area contributed by atoms with Gasteiger partial charge in [0, 0.05) is 23.1 Å². The van der Waals surface area contributed by atoms with Gasteiger partial charge in [-0.05, 0) is 48.7 Å². The molecule has 2 rings (SSSR count). The van der Waals surface area contributed by atoms with Crippen molar-refractivity contribution in [2.24, 2.45) is 5.92 Å². The molecule has 0 saturated carbocycles. The summed E-state index contributed by atoms with van der Waals surface area (Å²) >= 11 is 17.9.